The fourth-order valence-electron chi connectivity index (χ4n) is 3.58. The number of fused-ring (bicyclic) bond motifs is 1. The number of aromatic nitrogens is 3. The van der Waals surface area contributed by atoms with Crippen molar-refractivity contribution in [2.45, 2.75) is 11.3 Å². The van der Waals surface area contributed by atoms with Crippen LogP contribution >= 0.6 is 0 Å². The summed E-state index contributed by atoms with van der Waals surface area (Å²) in [5.41, 5.74) is 3.91. The molecule has 0 bridgehead atoms. The van der Waals surface area contributed by atoms with Crippen molar-refractivity contribution < 1.29 is 13.2 Å². The van der Waals surface area contributed by atoms with Crippen molar-refractivity contribution in [3.05, 3.63) is 78.2 Å². The van der Waals surface area contributed by atoms with Gasteiger partial charge >= 0.3 is 0 Å². The summed E-state index contributed by atoms with van der Waals surface area (Å²) in [6, 6.07) is 16.0. The molecule has 2 heterocycles. The molecule has 0 atom stereocenters. The van der Waals surface area contributed by atoms with Gasteiger partial charge in [-0.15, -0.1) is 0 Å². The first-order chi connectivity index (χ1) is 15.9. The van der Waals surface area contributed by atoms with Gasteiger partial charge in [-0.25, -0.2) is 18.4 Å². The average Bonchev–Trinajstić information content (AvgIpc) is 2.83. The third kappa shape index (κ3) is 4.98. The van der Waals surface area contributed by atoms with Gasteiger partial charge in [-0.2, -0.15) is 0 Å². The van der Waals surface area contributed by atoms with Crippen LogP contribution in [-0.2, 0) is 16.3 Å². The molecular formula is C24H23N5O3S. The number of hydrogen-bond acceptors (Lipinski definition) is 7. The zero-order valence-electron chi connectivity index (χ0n) is 18.2. The Morgan fingerprint density at radius 3 is 2.52 bits per heavy atom. The zero-order valence-corrected chi connectivity index (χ0v) is 19.1. The molecule has 1 amide bonds. The molecular weight excluding hydrogens is 438 g/mol. The normalized spacial score (nSPS) is 11.3. The van der Waals surface area contributed by atoms with Crippen LogP contribution in [0.2, 0.25) is 0 Å². The van der Waals surface area contributed by atoms with Crippen molar-refractivity contribution >= 4 is 32.5 Å². The second-order valence-corrected chi connectivity index (χ2v) is 9.53. The molecule has 2 aromatic carbocycles. The molecule has 2 aromatic heterocycles. The molecule has 0 saturated heterocycles. The summed E-state index contributed by atoms with van der Waals surface area (Å²) in [4.78, 5) is 25.5. The van der Waals surface area contributed by atoms with E-state index in [1.807, 2.05) is 24.3 Å². The Hall–Kier alpha value is -3.85. The second kappa shape index (κ2) is 9.33. The van der Waals surface area contributed by atoms with Crippen LogP contribution in [0, 0.1) is 0 Å². The first-order valence-electron chi connectivity index (χ1n) is 10.3. The predicted octanol–water partition coefficient (Wildman–Crippen LogP) is 3.11. The molecule has 168 valence electrons. The van der Waals surface area contributed by atoms with E-state index in [1.54, 1.807) is 43.6 Å². The third-order valence-electron chi connectivity index (χ3n) is 5.27. The Balaban J connectivity index is 1.49. The van der Waals surface area contributed by atoms with Crippen molar-refractivity contribution in [1.82, 2.24) is 20.3 Å². The number of para-hydroxylation sites is 1. The molecule has 9 heteroatoms. The standard InChI is InChI=1S/C24H23N5O3S/c1-25-24(30)20-11-13-27-23-17(4-3-5-19(20)23)10-12-26-22-14-21(28-15-29-22)16-6-8-18(9-7-16)33(2,31)32/h3-9,11,13-15H,10,12H2,1-2H3,(H,25,30)(H,26,28,29). The van der Waals surface area contributed by atoms with Gasteiger partial charge in [-0.1, -0.05) is 30.3 Å². The van der Waals surface area contributed by atoms with Gasteiger partial charge in [0.25, 0.3) is 5.91 Å². The maximum atomic E-state index is 12.2. The first kappa shape index (κ1) is 22.3. The smallest absolute Gasteiger partial charge is 0.251 e. The number of carbonyl (C=O) groups excluding carboxylic acids is 1. The lowest BCUT2D eigenvalue weighted by Crippen LogP contribution is -2.18. The lowest BCUT2D eigenvalue weighted by atomic mass is 10.0. The summed E-state index contributed by atoms with van der Waals surface area (Å²) < 4.78 is 23.3. The molecule has 0 saturated carbocycles. The monoisotopic (exact) mass is 461 g/mol. The number of hydrogen-bond donors (Lipinski definition) is 2. The number of nitrogens with one attached hydrogen (secondary N) is 2. The topological polar surface area (TPSA) is 114 Å². The van der Waals surface area contributed by atoms with Gasteiger partial charge in [0.2, 0.25) is 0 Å². The highest BCUT2D eigenvalue weighted by Gasteiger charge is 2.12. The number of nitrogens with zero attached hydrogens (tertiary/aromatic N) is 3. The van der Waals surface area contributed by atoms with E-state index in [-0.39, 0.29) is 10.8 Å². The van der Waals surface area contributed by atoms with Crippen LogP contribution in [-0.4, -0.2) is 49.1 Å². The fraction of sp³-hybridized carbons (Fsp3) is 0.167. The molecule has 4 aromatic rings. The van der Waals surface area contributed by atoms with E-state index < -0.39 is 9.84 Å². The van der Waals surface area contributed by atoms with E-state index in [4.69, 9.17) is 0 Å². The Morgan fingerprint density at radius 1 is 1.00 bits per heavy atom. The number of anilines is 1. The van der Waals surface area contributed by atoms with Crippen LogP contribution in [0.15, 0.2) is 72.0 Å². The van der Waals surface area contributed by atoms with Gasteiger partial charge in [-0.05, 0) is 30.2 Å². The lowest BCUT2D eigenvalue weighted by molar-refractivity contribution is 0.0964. The van der Waals surface area contributed by atoms with Crippen molar-refractivity contribution in [3.63, 3.8) is 0 Å². The Labute approximate surface area is 192 Å². The van der Waals surface area contributed by atoms with Gasteiger partial charge in [0, 0.05) is 43.1 Å². The Morgan fingerprint density at radius 2 is 1.79 bits per heavy atom. The molecule has 0 spiro atoms. The van der Waals surface area contributed by atoms with Crippen LogP contribution < -0.4 is 10.6 Å². The average molecular weight is 462 g/mol. The maximum Gasteiger partial charge on any atom is 0.251 e. The van der Waals surface area contributed by atoms with Crippen LogP contribution in [0.4, 0.5) is 5.82 Å². The van der Waals surface area contributed by atoms with Gasteiger partial charge in [0.1, 0.15) is 12.1 Å². The lowest BCUT2D eigenvalue weighted by Gasteiger charge is -2.10. The highest BCUT2D eigenvalue weighted by molar-refractivity contribution is 7.90. The zero-order chi connectivity index (χ0) is 23.4. The summed E-state index contributed by atoms with van der Waals surface area (Å²) in [7, 11) is -1.64. The van der Waals surface area contributed by atoms with E-state index in [0.717, 1.165) is 22.0 Å². The van der Waals surface area contributed by atoms with E-state index in [2.05, 4.69) is 25.6 Å². The minimum atomic E-state index is -3.25. The maximum absolute atomic E-state index is 12.2. The number of benzene rings is 2. The van der Waals surface area contributed by atoms with Crippen LogP contribution in [0.1, 0.15) is 15.9 Å². The third-order valence-corrected chi connectivity index (χ3v) is 6.40. The SMILES string of the molecule is CNC(=O)c1ccnc2c(CCNc3cc(-c4ccc(S(C)(=O)=O)cc4)ncn3)cccc12. The largest absolute Gasteiger partial charge is 0.370 e. The number of pyridine rings is 1. The Bertz CT molecular complexity index is 1420. The Kier molecular flexibility index (Phi) is 6.32. The summed E-state index contributed by atoms with van der Waals surface area (Å²) in [5, 5.41) is 6.78. The molecule has 33 heavy (non-hydrogen) atoms. The molecule has 2 N–H and O–H groups in total. The van der Waals surface area contributed by atoms with E-state index in [9.17, 15) is 13.2 Å². The number of carbonyl (C=O) groups is 1. The van der Waals surface area contributed by atoms with Crippen LogP contribution in [0.25, 0.3) is 22.2 Å². The molecule has 0 aliphatic rings. The van der Waals surface area contributed by atoms with Crippen molar-refractivity contribution in [2.75, 3.05) is 25.2 Å². The second-order valence-electron chi connectivity index (χ2n) is 7.51. The van der Waals surface area contributed by atoms with Gasteiger partial charge in [0.05, 0.1) is 21.7 Å². The van der Waals surface area contributed by atoms with Crippen molar-refractivity contribution in [2.24, 2.45) is 0 Å². The van der Waals surface area contributed by atoms with Crippen LogP contribution in [0.5, 0.6) is 0 Å². The van der Waals surface area contributed by atoms with Crippen LogP contribution in [0.3, 0.4) is 0 Å². The highest BCUT2D eigenvalue weighted by Crippen LogP contribution is 2.23. The molecule has 4 rings (SSSR count). The first-order valence-corrected chi connectivity index (χ1v) is 12.2. The predicted molar refractivity (Wildman–Crippen MR) is 128 cm³/mol. The van der Waals surface area contributed by atoms with E-state index in [1.165, 1.54) is 12.6 Å². The molecule has 0 unspecified atom stereocenters. The molecule has 8 nitrogen and oxygen atoms in total. The molecule has 0 radical (unpaired) electrons. The molecule has 0 aliphatic heterocycles. The number of sulfone groups is 1. The minimum Gasteiger partial charge on any atom is -0.370 e. The summed E-state index contributed by atoms with van der Waals surface area (Å²) in [6.45, 7) is 0.606. The summed E-state index contributed by atoms with van der Waals surface area (Å²) >= 11 is 0. The van der Waals surface area contributed by atoms with Gasteiger partial charge in [0.15, 0.2) is 9.84 Å². The van der Waals surface area contributed by atoms with Gasteiger partial charge < -0.3 is 10.6 Å². The highest BCUT2D eigenvalue weighted by atomic mass is 32.2. The fourth-order valence-corrected chi connectivity index (χ4v) is 4.21. The van der Waals surface area contributed by atoms with Crippen molar-refractivity contribution in [3.8, 4) is 11.3 Å². The van der Waals surface area contributed by atoms with E-state index >= 15 is 0 Å². The number of amides is 1. The van der Waals surface area contributed by atoms with Crippen molar-refractivity contribution in [1.29, 1.82) is 0 Å². The summed E-state index contributed by atoms with van der Waals surface area (Å²) in [5.74, 6) is 0.516. The van der Waals surface area contributed by atoms with E-state index in [0.29, 0.717) is 30.0 Å². The van der Waals surface area contributed by atoms with Gasteiger partial charge in [-0.3, -0.25) is 9.78 Å². The molecule has 0 aliphatic carbocycles. The quantitative estimate of drug-likeness (QED) is 0.435. The number of rotatable bonds is 7. The summed E-state index contributed by atoms with van der Waals surface area (Å²) in [6.07, 6.45) is 4.98. The minimum absolute atomic E-state index is 0.143. The molecule has 0 fully saturated rings.